The van der Waals surface area contributed by atoms with Gasteiger partial charge in [-0.2, -0.15) is 0 Å². The topological polar surface area (TPSA) is 56.0 Å². The number of hydrogen-bond acceptors (Lipinski definition) is 3. The van der Waals surface area contributed by atoms with E-state index in [0.717, 1.165) is 15.2 Å². The monoisotopic (exact) mass is 220 g/mol. The Morgan fingerprint density at radius 1 is 1.40 bits per heavy atom. The van der Waals surface area contributed by atoms with Gasteiger partial charge in [0.15, 0.2) is 0 Å². The first kappa shape index (κ1) is 10.1. The first-order valence-corrected chi connectivity index (χ1v) is 5.49. The molecule has 0 atom stereocenters. The third-order valence-corrected chi connectivity index (χ3v) is 3.80. The predicted molar refractivity (Wildman–Crippen MR) is 61.8 cm³/mol. The van der Waals surface area contributed by atoms with Crippen LogP contribution in [0.5, 0.6) is 0 Å². The fraction of sp³-hybridized carbons (Fsp3) is 0.273. The molecule has 2 N–H and O–H groups in total. The van der Waals surface area contributed by atoms with Gasteiger partial charge in [-0.3, -0.25) is 4.79 Å². The van der Waals surface area contributed by atoms with Crippen molar-refractivity contribution >= 4 is 27.5 Å². The van der Waals surface area contributed by atoms with Crippen molar-refractivity contribution in [1.82, 2.24) is 4.98 Å². The smallest absolute Gasteiger partial charge is 0.229 e. The number of carbonyl (C=O) groups is 1. The number of aromatic nitrogens is 1. The molecule has 0 bridgehead atoms. The van der Waals surface area contributed by atoms with Crippen LogP contribution in [0.2, 0.25) is 0 Å². The SMILES string of the molecule is CC(C)(C(N)=O)c1nc2ccccc2s1. The molecule has 0 fully saturated rings. The van der Waals surface area contributed by atoms with Gasteiger partial charge in [-0.15, -0.1) is 11.3 Å². The number of hydrogen-bond donors (Lipinski definition) is 1. The Bertz CT molecular complexity index is 483. The lowest BCUT2D eigenvalue weighted by molar-refractivity contribution is -0.122. The predicted octanol–water partition coefficient (Wildman–Crippen LogP) is 2.06. The number of nitrogens with zero attached hydrogens (tertiary/aromatic N) is 1. The van der Waals surface area contributed by atoms with Crippen LogP contribution in [-0.2, 0) is 10.2 Å². The van der Waals surface area contributed by atoms with Gasteiger partial charge in [-0.1, -0.05) is 12.1 Å². The summed E-state index contributed by atoms with van der Waals surface area (Å²) in [6, 6.07) is 7.82. The van der Waals surface area contributed by atoms with Gasteiger partial charge < -0.3 is 5.73 Å². The summed E-state index contributed by atoms with van der Waals surface area (Å²) in [4.78, 5) is 15.7. The normalized spacial score (nSPS) is 11.9. The summed E-state index contributed by atoms with van der Waals surface area (Å²) < 4.78 is 1.09. The summed E-state index contributed by atoms with van der Waals surface area (Å²) in [6.07, 6.45) is 0. The van der Waals surface area contributed by atoms with Gasteiger partial charge >= 0.3 is 0 Å². The first-order valence-electron chi connectivity index (χ1n) is 4.68. The minimum absolute atomic E-state index is 0.346. The molecule has 78 valence electrons. The molecule has 1 amide bonds. The van der Waals surface area contributed by atoms with Crippen molar-refractivity contribution in [3.63, 3.8) is 0 Å². The number of carbonyl (C=O) groups excluding carboxylic acids is 1. The Kier molecular flexibility index (Phi) is 2.23. The molecule has 1 heterocycles. The van der Waals surface area contributed by atoms with Gasteiger partial charge in [0.2, 0.25) is 5.91 Å². The van der Waals surface area contributed by atoms with Gasteiger partial charge in [-0.05, 0) is 26.0 Å². The largest absolute Gasteiger partial charge is 0.369 e. The summed E-state index contributed by atoms with van der Waals surface area (Å²) in [5, 5.41) is 0.774. The van der Waals surface area contributed by atoms with E-state index in [0.29, 0.717) is 0 Å². The molecule has 0 spiro atoms. The van der Waals surface area contributed by atoms with Gasteiger partial charge in [0, 0.05) is 0 Å². The molecule has 2 aromatic rings. The molecule has 0 unspecified atom stereocenters. The van der Waals surface area contributed by atoms with E-state index in [2.05, 4.69) is 4.98 Å². The second-order valence-electron chi connectivity index (χ2n) is 3.98. The fourth-order valence-electron chi connectivity index (χ4n) is 1.24. The summed E-state index contributed by atoms with van der Waals surface area (Å²) in [6.45, 7) is 3.60. The number of amides is 1. The Balaban J connectivity index is 2.58. The number of nitrogens with two attached hydrogens (primary N) is 1. The standard InChI is InChI=1S/C11H12N2OS/c1-11(2,9(12)14)10-13-7-5-3-4-6-8(7)15-10/h3-6H,1-2H3,(H2,12,14). The highest BCUT2D eigenvalue weighted by Crippen LogP contribution is 2.30. The molecule has 4 heteroatoms. The molecule has 1 aromatic heterocycles. The van der Waals surface area contributed by atoms with Gasteiger partial charge in [0.1, 0.15) is 5.01 Å². The van der Waals surface area contributed by atoms with Crippen LogP contribution < -0.4 is 5.73 Å². The van der Waals surface area contributed by atoms with E-state index in [-0.39, 0.29) is 5.91 Å². The lowest BCUT2D eigenvalue weighted by atomic mass is 9.94. The van der Waals surface area contributed by atoms with Crippen molar-refractivity contribution in [2.24, 2.45) is 5.73 Å². The number of benzene rings is 1. The third-order valence-electron chi connectivity index (χ3n) is 2.44. The van der Waals surface area contributed by atoms with Crippen LogP contribution in [0.1, 0.15) is 18.9 Å². The van der Waals surface area contributed by atoms with E-state index in [9.17, 15) is 4.79 Å². The second-order valence-corrected chi connectivity index (χ2v) is 5.01. The maximum absolute atomic E-state index is 11.3. The zero-order chi connectivity index (χ0) is 11.1. The summed E-state index contributed by atoms with van der Waals surface area (Å²) in [5.41, 5.74) is 5.58. The van der Waals surface area contributed by atoms with Crippen molar-refractivity contribution < 1.29 is 4.79 Å². The summed E-state index contributed by atoms with van der Waals surface area (Å²) >= 11 is 1.52. The van der Waals surface area contributed by atoms with Crippen LogP contribution in [0.15, 0.2) is 24.3 Å². The summed E-state index contributed by atoms with van der Waals surface area (Å²) in [7, 11) is 0. The maximum Gasteiger partial charge on any atom is 0.229 e. The lowest BCUT2D eigenvalue weighted by Crippen LogP contribution is -2.35. The van der Waals surface area contributed by atoms with Gasteiger partial charge in [0.05, 0.1) is 15.6 Å². The van der Waals surface area contributed by atoms with Crippen molar-refractivity contribution in [3.05, 3.63) is 29.3 Å². The third kappa shape index (κ3) is 1.61. The molecule has 0 aliphatic rings. The Morgan fingerprint density at radius 2 is 2.07 bits per heavy atom. The van der Waals surface area contributed by atoms with Gasteiger partial charge in [-0.25, -0.2) is 4.98 Å². The summed E-state index contributed by atoms with van der Waals surface area (Å²) in [5.74, 6) is -0.346. The average Bonchev–Trinajstić information content (AvgIpc) is 2.61. The van der Waals surface area contributed by atoms with E-state index >= 15 is 0 Å². The highest BCUT2D eigenvalue weighted by Gasteiger charge is 2.30. The maximum atomic E-state index is 11.3. The van der Waals surface area contributed by atoms with E-state index < -0.39 is 5.41 Å². The molecule has 0 radical (unpaired) electrons. The zero-order valence-corrected chi connectivity index (χ0v) is 9.47. The first-order chi connectivity index (χ1) is 7.01. The average molecular weight is 220 g/mol. The number of thiazole rings is 1. The van der Waals surface area contributed by atoms with Crippen molar-refractivity contribution in [1.29, 1.82) is 0 Å². The van der Waals surface area contributed by atoms with Crippen LogP contribution >= 0.6 is 11.3 Å². The molecular weight excluding hydrogens is 208 g/mol. The highest BCUT2D eigenvalue weighted by atomic mass is 32.1. The minimum Gasteiger partial charge on any atom is -0.369 e. The Labute approximate surface area is 91.9 Å². The fourth-order valence-corrected chi connectivity index (χ4v) is 2.32. The van der Waals surface area contributed by atoms with Crippen LogP contribution in [0.4, 0.5) is 0 Å². The van der Waals surface area contributed by atoms with E-state index in [1.165, 1.54) is 11.3 Å². The number of primary amides is 1. The lowest BCUT2D eigenvalue weighted by Gasteiger charge is -2.16. The van der Waals surface area contributed by atoms with Crippen molar-refractivity contribution in [2.75, 3.05) is 0 Å². The van der Waals surface area contributed by atoms with Crippen LogP contribution in [0.3, 0.4) is 0 Å². The number of rotatable bonds is 2. The van der Waals surface area contributed by atoms with Crippen molar-refractivity contribution in [2.45, 2.75) is 19.3 Å². The molecule has 3 nitrogen and oxygen atoms in total. The second kappa shape index (κ2) is 3.31. The molecule has 0 saturated carbocycles. The molecule has 1 aromatic carbocycles. The zero-order valence-electron chi connectivity index (χ0n) is 8.65. The highest BCUT2D eigenvalue weighted by molar-refractivity contribution is 7.18. The van der Waals surface area contributed by atoms with E-state index in [1.807, 2.05) is 24.3 Å². The molecule has 0 aliphatic carbocycles. The van der Waals surface area contributed by atoms with Crippen LogP contribution in [-0.4, -0.2) is 10.9 Å². The van der Waals surface area contributed by atoms with Gasteiger partial charge in [0.25, 0.3) is 0 Å². The van der Waals surface area contributed by atoms with Crippen molar-refractivity contribution in [3.8, 4) is 0 Å². The van der Waals surface area contributed by atoms with Crippen LogP contribution in [0.25, 0.3) is 10.2 Å². The molecule has 0 saturated heterocycles. The molecule has 2 rings (SSSR count). The molecule has 15 heavy (non-hydrogen) atoms. The van der Waals surface area contributed by atoms with E-state index in [1.54, 1.807) is 13.8 Å². The van der Waals surface area contributed by atoms with E-state index in [4.69, 9.17) is 5.73 Å². The molecule has 0 aliphatic heterocycles. The quantitative estimate of drug-likeness (QED) is 0.842. The Hall–Kier alpha value is -1.42. The van der Waals surface area contributed by atoms with Crippen LogP contribution in [0, 0.1) is 0 Å². The number of para-hydroxylation sites is 1. The molecular formula is C11H12N2OS. The Morgan fingerprint density at radius 3 is 2.67 bits per heavy atom. The minimum atomic E-state index is -0.691. The number of fused-ring (bicyclic) bond motifs is 1.